The van der Waals surface area contributed by atoms with Crippen LogP contribution in [0.3, 0.4) is 0 Å². The Kier molecular flexibility index (Phi) is 2.95. The number of carbonyl (C=O) groups is 2. The van der Waals surface area contributed by atoms with Crippen molar-refractivity contribution < 1.29 is 9.59 Å². The van der Waals surface area contributed by atoms with Gasteiger partial charge in [-0.3, -0.25) is 20.0 Å². The number of H-pyrrole nitrogens is 1. The van der Waals surface area contributed by atoms with E-state index in [0.29, 0.717) is 12.8 Å². The molecule has 1 saturated heterocycles. The van der Waals surface area contributed by atoms with E-state index in [-0.39, 0.29) is 11.8 Å². The van der Waals surface area contributed by atoms with Crippen LogP contribution in [0.2, 0.25) is 0 Å². The van der Waals surface area contributed by atoms with E-state index in [1.165, 1.54) is 12.7 Å². The third kappa shape index (κ3) is 2.91. The molecule has 2 rings (SSSR count). The number of carbonyl (C=O) groups excluding carboxylic acids is 2. The summed E-state index contributed by atoms with van der Waals surface area (Å²) in [4.78, 5) is 23.8. The summed E-state index contributed by atoms with van der Waals surface area (Å²) in [6, 6.07) is 0. The van der Waals surface area contributed by atoms with Gasteiger partial charge in [0.1, 0.15) is 12.7 Å². The Morgan fingerprint density at radius 3 is 2.08 bits per heavy atom. The molecule has 0 aromatic carbocycles. The van der Waals surface area contributed by atoms with Crippen molar-refractivity contribution in [2.24, 2.45) is 0 Å². The van der Waals surface area contributed by atoms with E-state index in [1.807, 2.05) is 0 Å². The smallest absolute Gasteiger partial charge is 0.227 e. The van der Waals surface area contributed by atoms with Gasteiger partial charge in [0.05, 0.1) is 0 Å². The summed E-state index contributed by atoms with van der Waals surface area (Å²) in [5, 5.41) is 8.12. The van der Waals surface area contributed by atoms with Gasteiger partial charge in [-0.25, -0.2) is 4.98 Å². The minimum atomic E-state index is -0.148. The van der Waals surface area contributed by atoms with Crippen LogP contribution in [0.25, 0.3) is 0 Å². The van der Waals surface area contributed by atoms with E-state index < -0.39 is 0 Å². The Balaban J connectivity index is 0.000000127. The number of aromatic amines is 1. The molecule has 1 fully saturated rings. The molecule has 2 amide bonds. The molecule has 0 spiro atoms. The number of rotatable bonds is 0. The van der Waals surface area contributed by atoms with E-state index in [4.69, 9.17) is 0 Å². The van der Waals surface area contributed by atoms with Crippen LogP contribution >= 0.6 is 0 Å². The number of amides is 2. The van der Waals surface area contributed by atoms with E-state index >= 15 is 0 Å². The Morgan fingerprint density at radius 1 is 1.25 bits per heavy atom. The van der Waals surface area contributed by atoms with Crippen molar-refractivity contribution in [3.63, 3.8) is 0 Å². The molecule has 12 heavy (non-hydrogen) atoms. The lowest BCUT2D eigenvalue weighted by atomic mass is 10.4. The van der Waals surface area contributed by atoms with Gasteiger partial charge in [0.25, 0.3) is 0 Å². The van der Waals surface area contributed by atoms with Gasteiger partial charge in [-0.15, -0.1) is 0 Å². The Morgan fingerprint density at radius 2 is 1.92 bits per heavy atom. The normalized spacial score (nSPS) is 15.0. The first-order chi connectivity index (χ1) is 5.79. The second kappa shape index (κ2) is 4.22. The molecule has 2 N–H and O–H groups in total. The molecule has 0 aliphatic carbocycles. The molecule has 0 saturated carbocycles. The van der Waals surface area contributed by atoms with Gasteiger partial charge in [0.15, 0.2) is 0 Å². The highest BCUT2D eigenvalue weighted by molar-refractivity contribution is 6.01. The van der Waals surface area contributed by atoms with Crippen molar-refractivity contribution in [3.8, 4) is 0 Å². The maximum absolute atomic E-state index is 10.1. The fourth-order valence-electron chi connectivity index (χ4n) is 0.674. The predicted octanol–water partition coefficient (Wildman–Crippen LogP) is -0.772. The molecule has 6 nitrogen and oxygen atoms in total. The molecular formula is C6H8N4O2. The standard InChI is InChI=1S/C4H5NO2.C2H3N3/c6-3-1-2-4(7)5-3;1-3-2-5-4-1/h1-2H2,(H,5,6,7);1-2H,(H,3,4,5). The molecule has 1 aliphatic rings. The molecule has 0 unspecified atom stereocenters. The van der Waals surface area contributed by atoms with Crippen molar-refractivity contribution >= 4 is 11.8 Å². The summed E-state index contributed by atoms with van der Waals surface area (Å²) in [7, 11) is 0. The van der Waals surface area contributed by atoms with Gasteiger partial charge in [0.2, 0.25) is 11.8 Å². The number of imide groups is 1. The third-order valence-corrected chi connectivity index (χ3v) is 1.19. The monoisotopic (exact) mass is 168 g/mol. The number of nitrogens with one attached hydrogen (secondary N) is 2. The zero-order valence-corrected chi connectivity index (χ0v) is 6.28. The first-order valence-electron chi connectivity index (χ1n) is 3.40. The van der Waals surface area contributed by atoms with Gasteiger partial charge in [-0.2, -0.15) is 5.10 Å². The van der Waals surface area contributed by atoms with Crippen molar-refractivity contribution in [1.29, 1.82) is 0 Å². The highest BCUT2D eigenvalue weighted by Gasteiger charge is 2.15. The average Bonchev–Trinajstić information content (AvgIpc) is 2.63. The van der Waals surface area contributed by atoms with Crippen molar-refractivity contribution in [3.05, 3.63) is 12.7 Å². The van der Waals surface area contributed by atoms with Crippen LogP contribution in [0.4, 0.5) is 0 Å². The average molecular weight is 168 g/mol. The van der Waals surface area contributed by atoms with Crippen LogP contribution in [0.15, 0.2) is 12.7 Å². The molecule has 1 aromatic rings. The maximum atomic E-state index is 10.1. The summed E-state index contributed by atoms with van der Waals surface area (Å²) in [6.07, 6.45) is 3.71. The van der Waals surface area contributed by atoms with Gasteiger partial charge < -0.3 is 0 Å². The van der Waals surface area contributed by atoms with Crippen LogP contribution in [-0.2, 0) is 9.59 Å². The quantitative estimate of drug-likeness (QED) is 0.498. The van der Waals surface area contributed by atoms with Crippen LogP contribution in [0, 0.1) is 0 Å². The first kappa shape index (κ1) is 8.38. The van der Waals surface area contributed by atoms with Crippen LogP contribution in [0.5, 0.6) is 0 Å². The van der Waals surface area contributed by atoms with Gasteiger partial charge in [-0.1, -0.05) is 0 Å². The van der Waals surface area contributed by atoms with Crippen LogP contribution in [0.1, 0.15) is 12.8 Å². The van der Waals surface area contributed by atoms with Crippen molar-refractivity contribution in [2.45, 2.75) is 12.8 Å². The van der Waals surface area contributed by atoms with Gasteiger partial charge in [0, 0.05) is 12.8 Å². The zero-order chi connectivity index (χ0) is 8.81. The number of aromatic nitrogens is 3. The molecule has 1 aliphatic heterocycles. The number of hydrogen-bond donors (Lipinski definition) is 2. The van der Waals surface area contributed by atoms with Crippen LogP contribution in [-0.4, -0.2) is 27.0 Å². The van der Waals surface area contributed by atoms with Gasteiger partial charge in [-0.05, 0) is 0 Å². The summed E-state index contributed by atoms with van der Waals surface area (Å²) in [6.45, 7) is 0. The predicted molar refractivity (Wildman–Crippen MR) is 38.8 cm³/mol. The summed E-state index contributed by atoms with van der Waals surface area (Å²) in [5.74, 6) is -0.296. The Hall–Kier alpha value is -1.72. The molecule has 0 radical (unpaired) electrons. The fourth-order valence-corrected chi connectivity index (χ4v) is 0.674. The SMILES string of the molecule is O=C1CCC(=O)N1.c1nc[nH]n1. The molecule has 64 valence electrons. The second-order valence-corrected chi connectivity index (χ2v) is 2.12. The Labute approximate surface area is 68.4 Å². The minimum Gasteiger partial charge on any atom is -0.296 e. The summed E-state index contributed by atoms with van der Waals surface area (Å²) < 4.78 is 0. The third-order valence-electron chi connectivity index (χ3n) is 1.19. The summed E-state index contributed by atoms with van der Waals surface area (Å²) >= 11 is 0. The molecule has 2 heterocycles. The molecule has 1 aromatic heterocycles. The largest absolute Gasteiger partial charge is 0.296 e. The maximum Gasteiger partial charge on any atom is 0.227 e. The number of nitrogens with zero attached hydrogens (tertiary/aromatic N) is 2. The highest BCUT2D eigenvalue weighted by Crippen LogP contribution is 1.95. The number of hydrogen-bond acceptors (Lipinski definition) is 4. The second-order valence-electron chi connectivity index (χ2n) is 2.12. The summed E-state index contributed by atoms with van der Waals surface area (Å²) in [5.41, 5.74) is 0. The van der Waals surface area contributed by atoms with E-state index in [0.717, 1.165) is 0 Å². The fraction of sp³-hybridized carbons (Fsp3) is 0.333. The first-order valence-corrected chi connectivity index (χ1v) is 3.40. The Bertz CT molecular complexity index is 225. The lowest BCUT2D eigenvalue weighted by molar-refractivity contribution is -0.124. The van der Waals surface area contributed by atoms with Crippen molar-refractivity contribution in [1.82, 2.24) is 20.5 Å². The van der Waals surface area contributed by atoms with Gasteiger partial charge >= 0.3 is 0 Å². The minimum absolute atomic E-state index is 0.148. The van der Waals surface area contributed by atoms with E-state index in [9.17, 15) is 9.59 Å². The lowest BCUT2D eigenvalue weighted by Gasteiger charge is -1.79. The van der Waals surface area contributed by atoms with Crippen molar-refractivity contribution in [2.75, 3.05) is 0 Å². The van der Waals surface area contributed by atoms with E-state index in [2.05, 4.69) is 20.5 Å². The molecule has 0 atom stereocenters. The highest BCUT2D eigenvalue weighted by atomic mass is 16.2. The molecular weight excluding hydrogens is 160 g/mol. The molecule has 0 bridgehead atoms. The van der Waals surface area contributed by atoms with E-state index in [1.54, 1.807) is 0 Å². The zero-order valence-electron chi connectivity index (χ0n) is 6.28. The lowest BCUT2D eigenvalue weighted by Crippen LogP contribution is -2.18. The van der Waals surface area contributed by atoms with Crippen LogP contribution < -0.4 is 5.32 Å². The topological polar surface area (TPSA) is 87.7 Å². The molecule has 6 heteroatoms.